The second-order valence-corrected chi connectivity index (χ2v) is 7.93. The maximum Gasteiger partial charge on any atom is 0.410 e. The fourth-order valence-electron chi connectivity index (χ4n) is 3.60. The van der Waals surface area contributed by atoms with Gasteiger partial charge in [-0.1, -0.05) is 19.8 Å². The second-order valence-electron chi connectivity index (χ2n) is 7.93. The molecule has 20 heavy (non-hydrogen) atoms. The highest BCUT2D eigenvalue weighted by atomic mass is 16.6. The summed E-state index contributed by atoms with van der Waals surface area (Å²) in [5.41, 5.74) is -0.118. The van der Waals surface area contributed by atoms with Crippen LogP contribution < -0.4 is 0 Å². The zero-order valence-corrected chi connectivity index (χ0v) is 13.3. The predicted molar refractivity (Wildman–Crippen MR) is 78.5 cm³/mol. The maximum atomic E-state index is 12.1. The van der Waals surface area contributed by atoms with Crippen LogP contribution in [-0.4, -0.2) is 40.9 Å². The molecule has 1 heterocycles. The van der Waals surface area contributed by atoms with Crippen LogP contribution in [0.25, 0.3) is 0 Å². The first-order chi connectivity index (χ1) is 9.19. The van der Waals surface area contributed by atoms with Gasteiger partial charge in [-0.05, 0) is 45.4 Å². The van der Waals surface area contributed by atoms with Crippen LogP contribution in [0.5, 0.6) is 0 Å². The van der Waals surface area contributed by atoms with E-state index >= 15 is 0 Å². The molecule has 1 aliphatic heterocycles. The number of carbonyl (C=O) groups excluding carboxylic acids is 1. The zero-order valence-electron chi connectivity index (χ0n) is 13.3. The van der Waals surface area contributed by atoms with Crippen molar-refractivity contribution >= 4 is 6.09 Å². The maximum absolute atomic E-state index is 12.1. The van der Waals surface area contributed by atoms with Gasteiger partial charge in [0.05, 0.1) is 12.6 Å². The van der Waals surface area contributed by atoms with Crippen molar-refractivity contribution in [1.29, 1.82) is 0 Å². The lowest BCUT2D eigenvalue weighted by Gasteiger charge is -2.28. The van der Waals surface area contributed by atoms with Crippen LogP contribution in [0, 0.1) is 11.3 Å². The van der Waals surface area contributed by atoms with Crippen molar-refractivity contribution in [1.82, 2.24) is 4.90 Å². The number of rotatable bonds is 2. The standard InChI is InChI=1S/C16H29NO3/c1-15(2,3)20-14(19)17-10-12(13(18)11-17)9-16(4)7-5-6-8-16/h12-13,18H,5-11H2,1-4H3/t12-,13-/m1/s1. The quantitative estimate of drug-likeness (QED) is 0.846. The van der Waals surface area contributed by atoms with Crippen LogP contribution in [0.1, 0.15) is 59.8 Å². The fraction of sp³-hybridized carbons (Fsp3) is 0.938. The topological polar surface area (TPSA) is 49.8 Å². The average molecular weight is 283 g/mol. The van der Waals surface area contributed by atoms with Gasteiger partial charge in [-0.15, -0.1) is 0 Å². The molecule has 0 bridgehead atoms. The fourth-order valence-corrected chi connectivity index (χ4v) is 3.60. The summed E-state index contributed by atoms with van der Waals surface area (Å²) in [6, 6.07) is 0. The highest BCUT2D eigenvalue weighted by molar-refractivity contribution is 5.68. The summed E-state index contributed by atoms with van der Waals surface area (Å²) in [4.78, 5) is 13.7. The van der Waals surface area contributed by atoms with E-state index in [2.05, 4.69) is 6.92 Å². The summed E-state index contributed by atoms with van der Waals surface area (Å²) < 4.78 is 5.39. The number of hydrogen-bond acceptors (Lipinski definition) is 3. The molecule has 0 aromatic heterocycles. The number of aliphatic hydroxyl groups is 1. The van der Waals surface area contributed by atoms with E-state index in [0.29, 0.717) is 18.5 Å². The molecule has 1 aliphatic carbocycles. The molecule has 1 N–H and O–H groups in total. The summed E-state index contributed by atoms with van der Waals surface area (Å²) in [6.45, 7) is 8.97. The third-order valence-corrected chi connectivity index (χ3v) is 4.62. The van der Waals surface area contributed by atoms with Crippen molar-refractivity contribution in [3.05, 3.63) is 0 Å². The molecular weight excluding hydrogens is 254 g/mol. The Hall–Kier alpha value is -0.770. The smallest absolute Gasteiger partial charge is 0.410 e. The van der Waals surface area contributed by atoms with E-state index in [-0.39, 0.29) is 12.0 Å². The largest absolute Gasteiger partial charge is 0.444 e. The Morgan fingerprint density at radius 3 is 2.45 bits per heavy atom. The molecule has 0 aromatic rings. The highest BCUT2D eigenvalue weighted by Crippen LogP contribution is 2.44. The predicted octanol–water partition coefficient (Wildman–Crippen LogP) is 3.18. The van der Waals surface area contributed by atoms with Crippen LogP contribution in [-0.2, 0) is 4.74 Å². The van der Waals surface area contributed by atoms with Crippen LogP contribution in [0.4, 0.5) is 4.79 Å². The lowest BCUT2D eigenvalue weighted by molar-refractivity contribution is 0.0269. The van der Waals surface area contributed by atoms with Gasteiger partial charge < -0.3 is 14.7 Å². The van der Waals surface area contributed by atoms with Gasteiger partial charge in [-0.3, -0.25) is 0 Å². The number of hydrogen-bond donors (Lipinski definition) is 1. The molecular formula is C16H29NO3. The first-order valence-corrected chi connectivity index (χ1v) is 7.85. The Morgan fingerprint density at radius 1 is 1.30 bits per heavy atom. The van der Waals surface area contributed by atoms with Gasteiger partial charge in [0.1, 0.15) is 5.60 Å². The lowest BCUT2D eigenvalue weighted by atomic mass is 9.78. The van der Waals surface area contributed by atoms with E-state index in [1.54, 1.807) is 4.90 Å². The van der Waals surface area contributed by atoms with E-state index in [4.69, 9.17) is 4.74 Å². The van der Waals surface area contributed by atoms with Crippen molar-refractivity contribution in [3.8, 4) is 0 Å². The third-order valence-electron chi connectivity index (χ3n) is 4.62. The Balaban J connectivity index is 1.90. The summed E-state index contributed by atoms with van der Waals surface area (Å²) in [7, 11) is 0. The first kappa shape index (κ1) is 15.6. The molecule has 2 fully saturated rings. The Labute approximate surface area is 122 Å². The molecule has 2 rings (SSSR count). The number of ether oxygens (including phenoxy) is 1. The van der Waals surface area contributed by atoms with Gasteiger partial charge in [0.25, 0.3) is 0 Å². The number of aliphatic hydroxyl groups excluding tert-OH is 1. The van der Waals surface area contributed by atoms with E-state index < -0.39 is 11.7 Å². The van der Waals surface area contributed by atoms with Crippen LogP contribution >= 0.6 is 0 Å². The Bertz CT molecular complexity index is 355. The molecule has 0 aromatic carbocycles. The van der Waals surface area contributed by atoms with E-state index in [1.165, 1.54) is 25.7 Å². The Kier molecular flexibility index (Phi) is 4.33. The summed E-state index contributed by atoms with van der Waals surface area (Å²) in [5.74, 6) is 0.200. The molecule has 0 spiro atoms. The number of likely N-dealkylation sites (tertiary alicyclic amines) is 1. The summed E-state index contributed by atoms with van der Waals surface area (Å²) in [5, 5.41) is 10.2. The number of carbonyl (C=O) groups is 1. The lowest BCUT2D eigenvalue weighted by Crippen LogP contribution is -2.36. The molecule has 2 atom stereocenters. The van der Waals surface area contributed by atoms with Crippen molar-refractivity contribution < 1.29 is 14.6 Å². The average Bonchev–Trinajstić information content (AvgIpc) is 2.85. The van der Waals surface area contributed by atoms with Gasteiger partial charge in [-0.25, -0.2) is 4.79 Å². The molecule has 4 heteroatoms. The van der Waals surface area contributed by atoms with Gasteiger partial charge in [0, 0.05) is 12.5 Å². The zero-order chi connectivity index (χ0) is 15.0. The van der Waals surface area contributed by atoms with Gasteiger partial charge in [0.2, 0.25) is 0 Å². The minimum absolute atomic E-state index is 0.200. The first-order valence-electron chi connectivity index (χ1n) is 7.85. The number of β-amino-alcohol motifs (C(OH)–C–C–N with tert-alkyl or cyclic N) is 1. The minimum atomic E-state index is -0.475. The van der Waals surface area contributed by atoms with Crippen molar-refractivity contribution in [2.45, 2.75) is 71.5 Å². The SMILES string of the molecule is CC1(C[C@@H]2CN(C(=O)OC(C)(C)C)C[C@H]2O)CCCC1. The van der Waals surface area contributed by atoms with Crippen molar-refractivity contribution in [3.63, 3.8) is 0 Å². The van der Waals surface area contributed by atoms with E-state index in [9.17, 15) is 9.90 Å². The van der Waals surface area contributed by atoms with Crippen LogP contribution in [0.2, 0.25) is 0 Å². The molecule has 1 saturated carbocycles. The molecule has 0 unspecified atom stereocenters. The van der Waals surface area contributed by atoms with Gasteiger partial charge >= 0.3 is 6.09 Å². The third kappa shape index (κ3) is 3.87. The minimum Gasteiger partial charge on any atom is -0.444 e. The number of amides is 1. The molecule has 2 aliphatic rings. The molecule has 1 saturated heterocycles. The molecule has 4 nitrogen and oxygen atoms in total. The summed E-state index contributed by atoms with van der Waals surface area (Å²) in [6.07, 6.45) is 5.43. The Morgan fingerprint density at radius 2 is 1.90 bits per heavy atom. The van der Waals surface area contributed by atoms with Crippen LogP contribution in [0.15, 0.2) is 0 Å². The normalized spacial score (nSPS) is 29.8. The van der Waals surface area contributed by atoms with E-state index in [0.717, 1.165) is 6.42 Å². The van der Waals surface area contributed by atoms with E-state index in [1.807, 2.05) is 20.8 Å². The van der Waals surface area contributed by atoms with Crippen LogP contribution in [0.3, 0.4) is 0 Å². The molecule has 116 valence electrons. The number of nitrogens with zero attached hydrogens (tertiary/aromatic N) is 1. The van der Waals surface area contributed by atoms with Crippen molar-refractivity contribution in [2.75, 3.05) is 13.1 Å². The molecule has 0 radical (unpaired) electrons. The van der Waals surface area contributed by atoms with Gasteiger partial charge in [0.15, 0.2) is 0 Å². The molecule has 1 amide bonds. The monoisotopic (exact) mass is 283 g/mol. The van der Waals surface area contributed by atoms with Crippen molar-refractivity contribution in [2.24, 2.45) is 11.3 Å². The highest BCUT2D eigenvalue weighted by Gasteiger charge is 2.40. The second kappa shape index (κ2) is 5.55. The van der Waals surface area contributed by atoms with Gasteiger partial charge in [-0.2, -0.15) is 0 Å². The summed E-state index contributed by atoms with van der Waals surface area (Å²) >= 11 is 0.